The van der Waals surface area contributed by atoms with Gasteiger partial charge in [0.1, 0.15) is 0 Å². The van der Waals surface area contributed by atoms with Crippen molar-refractivity contribution >= 4 is 33.4 Å². The summed E-state index contributed by atoms with van der Waals surface area (Å²) in [4.78, 5) is 16.6. The molecule has 1 aromatic heterocycles. The number of sulfonamides is 1. The van der Waals surface area contributed by atoms with Crippen LogP contribution in [0.25, 0.3) is 0 Å². The topological polar surface area (TPSA) is 107 Å². The first-order chi connectivity index (χ1) is 11.3. The Bertz CT molecular complexity index is 859. The highest BCUT2D eigenvalue weighted by atomic mass is 32.2. The molecule has 1 heterocycles. The molecule has 1 aliphatic rings. The molecule has 1 atom stereocenters. The lowest BCUT2D eigenvalue weighted by Crippen LogP contribution is -2.23. The van der Waals surface area contributed by atoms with Crippen molar-refractivity contribution in [3.8, 4) is 0 Å². The first kappa shape index (κ1) is 17.0. The molecule has 24 heavy (non-hydrogen) atoms. The van der Waals surface area contributed by atoms with Gasteiger partial charge in [0.2, 0.25) is 15.9 Å². The molecule has 7 nitrogen and oxygen atoms in total. The van der Waals surface area contributed by atoms with Crippen molar-refractivity contribution in [2.45, 2.75) is 41.1 Å². The van der Waals surface area contributed by atoms with Crippen molar-refractivity contribution in [3.63, 3.8) is 0 Å². The maximum absolute atomic E-state index is 12.3. The lowest BCUT2D eigenvalue weighted by Gasteiger charge is -2.13. The van der Waals surface area contributed by atoms with E-state index >= 15 is 0 Å². The number of hydrogen-bond acceptors (Lipinski definition) is 5. The van der Waals surface area contributed by atoms with Crippen molar-refractivity contribution < 1.29 is 13.2 Å². The fourth-order valence-corrected chi connectivity index (χ4v) is 3.72. The fraction of sp³-hybridized carbons (Fsp3) is 0.333. The number of nitrogens with one attached hydrogen (secondary N) is 1. The maximum atomic E-state index is 12.3. The van der Waals surface area contributed by atoms with Gasteiger partial charge < -0.3 is 9.88 Å². The second-order valence-corrected chi connectivity index (χ2v) is 8.54. The van der Waals surface area contributed by atoms with Gasteiger partial charge in [-0.25, -0.2) is 18.5 Å². The smallest absolute Gasteiger partial charge is 0.238 e. The minimum Gasteiger partial charge on any atom is -0.325 e. The number of hydrogen-bond donors (Lipinski definition) is 2. The van der Waals surface area contributed by atoms with Gasteiger partial charge in [0.25, 0.3) is 0 Å². The highest BCUT2D eigenvalue weighted by Crippen LogP contribution is 2.38. The highest BCUT2D eigenvalue weighted by molar-refractivity contribution is 8.00. The Morgan fingerprint density at radius 2 is 2.21 bits per heavy atom. The number of primary sulfonamides is 1. The minimum absolute atomic E-state index is 0.0371. The predicted octanol–water partition coefficient (Wildman–Crippen LogP) is 1.98. The summed E-state index contributed by atoms with van der Waals surface area (Å²) in [7, 11) is -3.80. The Morgan fingerprint density at radius 1 is 1.46 bits per heavy atom. The molecule has 0 bridgehead atoms. The van der Waals surface area contributed by atoms with Crippen molar-refractivity contribution in [1.82, 2.24) is 9.55 Å². The molecule has 1 unspecified atom stereocenters. The largest absolute Gasteiger partial charge is 0.325 e. The van der Waals surface area contributed by atoms with Crippen molar-refractivity contribution in [2.75, 3.05) is 5.32 Å². The van der Waals surface area contributed by atoms with E-state index in [9.17, 15) is 13.2 Å². The van der Waals surface area contributed by atoms with E-state index in [2.05, 4.69) is 14.9 Å². The van der Waals surface area contributed by atoms with Gasteiger partial charge in [0, 0.05) is 24.1 Å². The minimum atomic E-state index is -3.80. The first-order valence-corrected chi connectivity index (χ1v) is 9.90. The standard InChI is InChI=1S/C15H18N4O3S2/c1-10(23-15-17-7-8-19(15)12-5-6-12)14(20)18-11-3-2-4-13(9-11)24(16,21)22/h2-4,7-10,12H,5-6H2,1H3,(H,18,20)(H2,16,21,22). The maximum Gasteiger partial charge on any atom is 0.238 e. The third-order valence-corrected chi connectivity index (χ3v) is 5.66. The summed E-state index contributed by atoms with van der Waals surface area (Å²) in [6.45, 7) is 1.79. The van der Waals surface area contributed by atoms with Crippen LogP contribution in [0.5, 0.6) is 0 Å². The summed E-state index contributed by atoms with van der Waals surface area (Å²) < 4.78 is 24.8. The predicted molar refractivity (Wildman–Crippen MR) is 92.3 cm³/mol. The van der Waals surface area contributed by atoms with Crippen LogP contribution in [0.15, 0.2) is 46.7 Å². The van der Waals surface area contributed by atoms with Crippen molar-refractivity contribution in [3.05, 3.63) is 36.7 Å². The number of thioether (sulfide) groups is 1. The number of aromatic nitrogens is 2. The van der Waals surface area contributed by atoms with E-state index in [4.69, 9.17) is 5.14 Å². The number of carbonyl (C=O) groups excluding carboxylic acids is 1. The van der Waals surface area contributed by atoms with Crippen LogP contribution in [-0.2, 0) is 14.8 Å². The third-order valence-electron chi connectivity index (χ3n) is 3.65. The average molecular weight is 366 g/mol. The molecule has 0 radical (unpaired) electrons. The summed E-state index contributed by atoms with van der Waals surface area (Å²) in [5, 5.41) is 8.26. The van der Waals surface area contributed by atoms with Crippen LogP contribution < -0.4 is 10.5 Å². The van der Waals surface area contributed by atoms with Crippen molar-refractivity contribution in [1.29, 1.82) is 0 Å². The molecule has 1 saturated carbocycles. The number of nitrogens with zero attached hydrogens (tertiary/aromatic N) is 2. The third kappa shape index (κ3) is 3.97. The van der Waals surface area contributed by atoms with Gasteiger partial charge in [-0.1, -0.05) is 17.8 Å². The molecular weight excluding hydrogens is 348 g/mol. The van der Waals surface area contributed by atoms with Gasteiger partial charge in [0.15, 0.2) is 5.16 Å². The monoisotopic (exact) mass is 366 g/mol. The number of benzene rings is 1. The molecule has 3 rings (SSSR count). The zero-order chi connectivity index (χ0) is 17.3. The molecule has 0 aliphatic heterocycles. The second kappa shape index (κ2) is 6.58. The molecule has 0 spiro atoms. The normalized spacial score (nSPS) is 15.9. The van der Waals surface area contributed by atoms with E-state index in [1.165, 1.54) is 30.0 Å². The Balaban J connectivity index is 1.67. The highest BCUT2D eigenvalue weighted by Gasteiger charge is 2.27. The molecule has 9 heteroatoms. The van der Waals surface area contributed by atoms with Gasteiger partial charge in [-0.2, -0.15) is 0 Å². The SMILES string of the molecule is CC(Sc1nccn1C1CC1)C(=O)Nc1cccc(S(N)(=O)=O)c1. The quantitative estimate of drug-likeness (QED) is 0.760. The number of imidazole rings is 1. The van der Waals surface area contributed by atoms with Gasteiger partial charge in [0.05, 0.1) is 10.1 Å². The van der Waals surface area contributed by atoms with E-state index in [0.717, 1.165) is 18.0 Å². The Hall–Kier alpha value is -1.84. The lowest BCUT2D eigenvalue weighted by molar-refractivity contribution is -0.115. The van der Waals surface area contributed by atoms with Gasteiger partial charge >= 0.3 is 0 Å². The summed E-state index contributed by atoms with van der Waals surface area (Å²) in [5.41, 5.74) is 0.393. The number of rotatable bonds is 6. The number of carbonyl (C=O) groups is 1. The summed E-state index contributed by atoms with van der Waals surface area (Å²) >= 11 is 1.38. The van der Waals surface area contributed by atoms with Crippen LogP contribution in [0, 0.1) is 0 Å². The molecule has 128 valence electrons. The number of nitrogens with two attached hydrogens (primary N) is 1. The van der Waals surface area contributed by atoms with E-state index in [1.54, 1.807) is 19.2 Å². The van der Waals surface area contributed by atoms with Crippen LogP contribution in [0.4, 0.5) is 5.69 Å². The van der Waals surface area contributed by atoms with Crippen molar-refractivity contribution in [2.24, 2.45) is 5.14 Å². The van der Waals surface area contributed by atoms with Crippen LogP contribution in [-0.4, -0.2) is 29.1 Å². The van der Waals surface area contributed by atoms with E-state index in [0.29, 0.717) is 11.7 Å². The Kier molecular flexibility index (Phi) is 4.66. The molecular formula is C15H18N4O3S2. The summed E-state index contributed by atoms with van der Waals surface area (Å²) in [6, 6.07) is 6.38. The van der Waals surface area contributed by atoms with E-state index in [-0.39, 0.29) is 16.1 Å². The van der Waals surface area contributed by atoms with E-state index in [1.807, 2.05) is 6.20 Å². The summed E-state index contributed by atoms with van der Waals surface area (Å²) in [5.74, 6) is -0.225. The second-order valence-electron chi connectivity index (χ2n) is 5.67. The molecule has 1 fully saturated rings. The zero-order valence-corrected chi connectivity index (χ0v) is 14.7. The molecule has 2 aromatic rings. The van der Waals surface area contributed by atoms with Gasteiger partial charge in [-0.15, -0.1) is 0 Å². The molecule has 3 N–H and O–H groups in total. The average Bonchev–Trinajstić information content (AvgIpc) is 3.26. The number of anilines is 1. The van der Waals surface area contributed by atoms with Crippen LogP contribution in [0.2, 0.25) is 0 Å². The van der Waals surface area contributed by atoms with Gasteiger partial charge in [-0.05, 0) is 38.0 Å². The zero-order valence-electron chi connectivity index (χ0n) is 13.0. The lowest BCUT2D eigenvalue weighted by atomic mass is 10.3. The van der Waals surface area contributed by atoms with Gasteiger partial charge in [-0.3, -0.25) is 4.79 Å². The Morgan fingerprint density at radius 3 is 2.88 bits per heavy atom. The van der Waals surface area contributed by atoms with Crippen LogP contribution in [0.3, 0.4) is 0 Å². The molecule has 1 amide bonds. The number of amides is 1. The van der Waals surface area contributed by atoms with E-state index < -0.39 is 10.0 Å². The van der Waals surface area contributed by atoms with Crippen LogP contribution in [0.1, 0.15) is 25.8 Å². The van der Waals surface area contributed by atoms with Crippen LogP contribution >= 0.6 is 11.8 Å². The summed E-state index contributed by atoms with van der Waals surface area (Å²) in [6.07, 6.45) is 5.96. The first-order valence-electron chi connectivity index (χ1n) is 7.48. The molecule has 1 aliphatic carbocycles. The molecule has 0 saturated heterocycles. The Labute approximate surface area is 144 Å². The molecule has 1 aromatic carbocycles. The fourth-order valence-electron chi connectivity index (χ4n) is 2.23.